The van der Waals surface area contributed by atoms with Gasteiger partial charge in [0.2, 0.25) is 0 Å². The molecule has 3 aromatic carbocycles. The number of benzene rings is 3. The van der Waals surface area contributed by atoms with Crippen molar-refractivity contribution in [3.63, 3.8) is 0 Å². The van der Waals surface area contributed by atoms with Crippen LogP contribution in [0.15, 0.2) is 72.8 Å². The molecule has 0 N–H and O–H groups in total. The maximum absolute atomic E-state index is 6.19. The average molecular weight is 419 g/mol. The van der Waals surface area contributed by atoms with Gasteiger partial charge >= 0.3 is 0 Å². The Hall–Kier alpha value is -2.78. The van der Waals surface area contributed by atoms with Crippen molar-refractivity contribution < 1.29 is 4.74 Å². The molecule has 4 aromatic rings. The Bertz CT molecular complexity index is 1140. The Morgan fingerprint density at radius 1 is 0.933 bits per heavy atom. The first-order valence-corrected chi connectivity index (χ1v) is 10.7. The van der Waals surface area contributed by atoms with E-state index in [-0.39, 0.29) is 11.5 Å². The van der Waals surface area contributed by atoms with Crippen molar-refractivity contribution in [1.29, 1.82) is 0 Å². The zero-order valence-corrected chi connectivity index (χ0v) is 18.6. The van der Waals surface area contributed by atoms with Gasteiger partial charge in [-0.05, 0) is 59.9 Å². The van der Waals surface area contributed by atoms with E-state index in [4.69, 9.17) is 21.3 Å². The third-order valence-electron chi connectivity index (χ3n) is 5.33. The highest BCUT2D eigenvalue weighted by molar-refractivity contribution is 6.30. The Labute approximate surface area is 183 Å². The number of aromatic nitrogens is 2. The average Bonchev–Trinajstić information content (AvgIpc) is 3.08. The number of nitrogens with zero attached hydrogens (tertiary/aromatic N) is 2. The summed E-state index contributed by atoms with van der Waals surface area (Å²) < 4.78 is 8.44. The highest BCUT2D eigenvalue weighted by atomic mass is 35.5. The molecule has 0 aliphatic carbocycles. The molecule has 1 atom stereocenters. The standard InChI is InChI=1S/C26H27ClN2O/c1-18(30-22-15-13-21(27)14-16-22)25-28-23-7-5-6-8-24(23)29(25)17-19-9-11-20(12-10-19)26(2,3)4/h5-16,18H,17H2,1-4H3. The molecule has 0 aliphatic rings. The van der Waals surface area contributed by atoms with E-state index in [1.807, 2.05) is 43.3 Å². The van der Waals surface area contributed by atoms with Crippen LogP contribution in [0.2, 0.25) is 5.02 Å². The molecule has 0 saturated carbocycles. The van der Waals surface area contributed by atoms with Crippen LogP contribution in [0.4, 0.5) is 0 Å². The quantitative estimate of drug-likeness (QED) is 0.343. The summed E-state index contributed by atoms with van der Waals surface area (Å²) >= 11 is 6.00. The maximum atomic E-state index is 6.19. The Kier molecular flexibility index (Phi) is 5.57. The van der Waals surface area contributed by atoms with Gasteiger partial charge < -0.3 is 9.30 Å². The number of rotatable bonds is 5. The van der Waals surface area contributed by atoms with E-state index in [0.717, 1.165) is 29.2 Å². The number of fused-ring (bicyclic) bond motifs is 1. The van der Waals surface area contributed by atoms with Crippen LogP contribution in [-0.2, 0) is 12.0 Å². The second-order valence-corrected chi connectivity index (χ2v) is 9.14. The van der Waals surface area contributed by atoms with Gasteiger partial charge in [-0.2, -0.15) is 0 Å². The fourth-order valence-corrected chi connectivity index (χ4v) is 3.76. The third kappa shape index (κ3) is 4.36. The molecule has 0 saturated heterocycles. The SMILES string of the molecule is CC(Oc1ccc(Cl)cc1)c1nc2ccccc2n1Cc1ccc(C(C)(C)C)cc1. The number of halogens is 1. The molecule has 1 unspecified atom stereocenters. The molecule has 0 amide bonds. The first kappa shape index (κ1) is 20.5. The van der Waals surface area contributed by atoms with Gasteiger partial charge in [-0.25, -0.2) is 4.98 Å². The normalized spacial score (nSPS) is 12.8. The van der Waals surface area contributed by atoms with Gasteiger partial charge in [-0.15, -0.1) is 0 Å². The van der Waals surface area contributed by atoms with Crippen LogP contribution in [0.1, 0.15) is 50.8 Å². The van der Waals surface area contributed by atoms with Crippen LogP contribution >= 0.6 is 11.6 Å². The van der Waals surface area contributed by atoms with Crippen molar-refractivity contribution in [1.82, 2.24) is 9.55 Å². The van der Waals surface area contributed by atoms with Crippen molar-refractivity contribution in [2.24, 2.45) is 0 Å². The number of para-hydroxylation sites is 2. The Balaban J connectivity index is 1.67. The fraction of sp³-hybridized carbons (Fsp3) is 0.269. The summed E-state index contributed by atoms with van der Waals surface area (Å²) in [5.74, 6) is 1.69. The molecular weight excluding hydrogens is 392 g/mol. The minimum absolute atomic E-state index is 0.145. The molecule has 154 valence electrons. The molecule has 3 nitrogen and oxygen atoms in total. The lowest BCUT2D eigenvalue weighted by Crippen LogP contribution is -2.13. The number of hydrogen-bond donors (Lipinski definition) is 0. The highest BCUT2D eigenvalue weighted by Gasteiger charge is 2.19. The van der Waals surface area contributed by atoms with Crippen molar-refractivity contribution in [2.45, 2.75) is 45.8 Å². The van der Waals surface area contributed by atoms with Crippen molar-refractivity contribution in [2.75, 3.05) is 0 Å². The second-order valence-electron chi connectivity index (χ2n) is 8.71. The van der Waals surface area contributed by atoms with Gasteiger partial charge in [0.1, 0.15) is 5.75 Å². The molecule has 0 bridgehead atoms. The van der Waals surface area contributed by atoms with Crippen LogP contribution in [0.5, 0.6) is 5.75 Å². The lowest BCUT2D eigenvalue weighted by atomic mass is 9.87. The lowest BCUT2D eigenvalue weighted by Gasteiger charge is -2.20. The highest BCUT2D eigenvalue weighted by Crippen LogP contribution is 2.28. The molecule has 4 rings (SSSR count). The summed E-state index contributed by atoms with van der Waals surface area (Å²) in [6.07, 6.45) is -0.201. The summed E-state index contributed by atoms with van der Waals surface area (Å²) in [6, 6.07) is 24.6. The predicted molar refractivity (Wildman–Crippen MR) is 124 cm³/mol. The summed E-state index contributed by atoms with van der Waals surface area (Å²) in [7, 11) is 0. The molecular formula is C26H27ClN2O. The van der Waals surface area contributed by atoms with Crippen LogP contribution < -0.4 is 4.74 Å². The summed E-state index contributed by atoms with van der Waals surface area (Å²) in [5.41, 5.74) is 4.81. The van der Waals surface area contributed by atoms with E-state index in [9.17, 15) is 0 Å². The van der Waals surface area contributed by atoms with Crippen LogP contribution in [0, 0.1) is 0 Å². The minimum atomic E-state index is -0.201. The van der Waals surface area contributed by atoms with Crippen LogP contribution in [-0.4, -0.2) is 9.55 Å². The number of imidazole rings is 1. The third-order valence-corrected chi connectivity index (χ3v) is 5.59. The second kappa shape index (κ2) is 8.16. The van der Waals surface area contributed by atoms with Crippen LogP contribution in [0.3, 0.4) is 0 Å². The number of hydrogen-bond acceptors (Lipinski definition) is 2. The fourth-order valence-electron chi connectivity index (χ4n) is 3.63. The molecule has 1 aromatic heterocycles. The first-order chi connectivity index (χ1) is 14.3. The van der Waals surface area contributed by atoms with Crippen molar-refractivity contribution in [3.05, 3.63) is 94.8 Å². The molecule has 0 radical (unpaired) electrons. The van der Waals surface area contributed by atoms with Gasteiger partial charge in [0, 0.05) is 11.6 Å². The van der Waals surface area contributed by atoms with Crippen LogP contribution in [0.25, 0.3) is 11.0 Å². The smallest absolute Gasteiger partial charge is 0.153 e. The minimum Gasteiger partial charge on any atom is -0.483 e. The summed E-state index contributed by atoms with van der Waals surface area (Å²) in [4.78, 5) is 4.89. The van der Waals surface area contributed by atoms with E-state index in [1.165, 1.54) is 11.1 Å². The van der Waals surface area contributed by atoms with Gasteiger partial charge in [-0.3, -0.25) is 0 Å². The van der Waals surface area contributed by atoms with Crippen molar-refractivity contribution >= 4 is 22.6 Å². The topological polar surface area (TPSA) is 27.1 Å². The van der Waals surface area contributed by atoms with Gasteiger partial charge in [0.05, 0.1) is 11.0 Å². The van der Waals surface area contributed by atoms with Gasteiger partial charge in [-0.1, -0.05) is 68.8 Å². The molecule has 4 heteroatoms. The Morgan fingerprint density at radius 3 is 2.27 bits per heavy atom. The Morgan fingerprint density at radius 2 is 1.60 bits per heavy atom. The summed E-state index contributed by atoms with van der Waals surface area (Å²) in [6.45, 7) is 9.49. The van der Waals surface area contributed by atoms with Gasteiger partial charge in [0.15, 0.2) is 11.9 Å². The largest absolute Gasteiger partial charge is 0.483 e. The van der Waals surface area contributed by atoms with E-state index >= 15 is 0 Å². The molecule has 30 heavy (non-hydrogen) atoms. The zero-order chi connectivity index (χ0) is 21.3. The lowest BCUT2D eigenvalue weighted by molar-refractivity contribution is 0.212. The molecule has 0 spiro atoms. The predicted octanol–water partition coefficient (Wildman–Crippen LogP) is 7.18. The monoisotopic (exact) mass is 418 g/mol. The van der Waals surface area contributed by atoms with E-state index in [0.29, 0.717) is 5.02 Å². The van der Waals surface area contributed by atoms with Gasteiger partial charge in [0.25, 0.3) is 0 Å². The summed E-state index contributed by atoms with van der Waals surface area (Å²) in [5, 5.41) is 0.695. The van der Waals surface area contributed by atoms with E-state index < -0.39 is 0 Å². The van der Waals surface area contributed by atoms with Crippen molar-refractivity contribution in [3.8, 4) is 5.75 Å². The first-order valence-electron chi connectivity index (χ1n) is 10.3. The van der Waals surface area contributed by atoms with E-state index in [1.54, 1.807) is 0 Å². The number of ether oxygens (including phenoxy) is 1. The maximum Gasteiger partial charge on any atom is 0.153 e. The molecule has 1 heterocycles. The zero-order valence-electron chi connectivity index (χ0n) is 17.9. The molecule has 0 aliphatic heterocycles. The van der Waals surface area contributed by atoms with E-state index in [2.05, 4.69) is 61.7 Å². The molecule has 0 fully saturated rings.